The maximum atomic E-state index is 12.9. The minimum atomic E-state index is -0.313. The first kappa shape index (κ1) is 20.5. The number of fused-ring (bicyclic) bond motifs is 4. The van der Waals surface area contributed by atoms with Gasteiger partial charge >= 0.3 is 5.63 Å². The lowest BCUT2D eigenvalue weighted by Gasteiger charge is -2.47. The lowest BCUT2D eigenvalue weighted by molar-refractivity contribution is 0.0608. The molecule has 2 unspecified atom stereocenters. The summed E-state index contributed by atoms with van der Waals surface area (Å²) < 4.78 is 7.82. The van der Waals surface area contributed by atoms with Crippen molar-refractivity contribution >= 4 is 22.2 Å². The van der Waals surface area contributed by atoms with E-state index in [1.165, 1.54) is 32.1 Å². The molecule has 33 heavy (non-hydrogen) atoms. The molecule has 1 N–H and O–H groups in total. The number of piperidine rings is 2. The third-order valence-corrected chi connectivity index (χ3v) is 7.65. The molecular weight excluding hydrogens is 412 g/mol. The smallest absolute Gasteiger partial charge is 0.344 e. The van der Waals surface area contributed by atoms with Crippen LogP contribution in [0.4, 0.5) is 5.69 Å². The number of hydrogen-bond donors (Lipinski definition) is 1. The molecule has 0 spiro atoms. The van der Waals surface area contributed by atoms with E-state index in [0.717, 1.165) is 33.5 Å². The summed E-state index contributed by atoms with van der Waals surface area (Å²) in [5, 5.41) is 4.65. The standard InChI is InChI=1S/C27H30N4O2/c1-16-14-31-15-19(10-25(31)17(2)28-16)24-9-18-7-8-20(13-26(18)33-27(24)32)29-21-11-22-5-4-6-23(12-21)30(22)3/h7-10,13-15,21-23,29H,4-6,11-12H2,1-3H3. The Bertz CT molecular complexity index is 1410. The SMILES string of the molecule is Cc1cn2cc(-c3cc4ccc(NC5CC6CCCC(C5)N6C)cc4oc3=O)cc2c(C)n1. The van der Waals surface area contributed by atoms with Crippen LogP contribution in [0.1, 0.15) is 43.5 Å². The van der Waals surface area contributed by atoms with Crippen molar-refractivity contribution in [3.05, 3.63) is 64.5 Å². The van der Waals surface area contributed by atoms with Gasteiger partial charge in [0.05, 0.1) is 22.5 Å². The van der Waals surface area contributed by atoms with Crippen molar-refractivity contribution in [2.45, 2.75) is 64.1 Å². The lowest BCUT2D eigenvalue weighted by Crippen LogP contribution is -2.52. The molecule has 2 bridgehead atoms. The molecule has 0 amide bonds. The fourth-order valence-electron chi connectivity index (χ4n) is 5.95. The Balaban J connectivity index is 1.30. The molecule has 6 rings (SSSR count). The van der Waals surface area contributed by atoms with Crippen LogP contribution in [-0.2, 0) is 0 Å². The first-order valence-corrected chi connectivity index (χ1v) is 12.0. The van der Waals surface area contributed by atoms with Crippen molar-refractivity contribution < 1.29 is 4.42 Å². The minimum Gasteiger partial charge on any atom is -0.422 e. The Hall–Kier alpha value is -3.12. The van der Waals surface area contributed by atoms with E-state index in [0.29, 0.717) is 29.3 Å². The monoisotopic (exact) mass is 442 g/mol. The highest BCUT2D eigenvalue weighted by Gasteiger charge is 2.35. The number of rotatable bonds is 3. The van der Waals surface area contributed by atoms with Crippen LogP contribution in [0.2, 0.25) is 0 Å². The van der Waals surface area contributed by atoms with Gasteiger partial charge in [-0.2, -0.15) is 0 Å². The topological polar surface area (TPSA) is 62.8 Å². The van der Waals surface area contributed by atoms with Gasteiger partial charge in [0.25, 0.3) is 0 Å². The zero-order valence-corrected chi connectivity index (χ0v) is 19.5. The molecule has 2 aliphatic heterocycles. The zero-order valence-electron chi connectivity index (χ0n) is 19.5. The summed E-state index contributed by atoms with van der Waals surface area (Å²) in [5.74, 6) is 0. The summed E-state index contributed by atoms with van der Waals surface area (Å²) in [5.41, 5.74) is 5.65. The highest BCUT2D eigenvalue weighted by atomic mass is 16.4. The molecule has 0 saturated carbocycles. The van der Waals surface area contributed by atoms with Crippen LogP contribution in [0.5, 0.6) is 0 Å². The minimum absolute atomic E-state index is 0.313. The third kappa shape index (κ3) is 3.62. The molecule has 5 heterocycles. The normalized spacial score (nSPS) is 23.3. The van der Waals surface area contributed by atoms with E-state index in [1.54, 1.807) is 0 Å². The maximum Gasteiger partial charge on any atom is 0.344 e. The van der Waals surface area contributed by atoms with Gasteiger partial charge in [-0.25, -0.2) is 4.79 Å². The number of nitrogens with zero attached hydrogens (tertiary/aromatic N) is 3. The second-order valence-electron chi connectivity index (χ2n) is 9.91. The number of hydrogen-bond acceptors (Lipinski definition) is 5. The summed E-state index contributed by atoms with van der Waals surface area (Å²) in [6.07, 6.45) is 10.2. The van der Waals surface area contributed by atoms with Crippen LogP contribution in [0, 0.1) is 13.8 Å². The summed E-state index contributed by atoms with van der Waals surface area (Å²) in [6.45, 7) is 3.96. The van der Waals surface area contributed by atoms with Crippen LogP contribution >= 0.6 is 0 Å². The van der Waals surface area contributed by atoms with Crippen molar-refractivity contribution in [1.82, 2.24) is 14.3 Å². The van der Waals surface area contributed by atoms with E-state index < -0.39 is 0 Å². The molecule has 3 aromatic heterocycles. The average Bonchev–Trinajstić information content (AvgIpc) is 3.18. The predicted octanol–water partition coefficient (Wildman–Crippen LogP) is 5.15. The Morgan fingerprint density at radius 3 is 2.64 bits per heavy atom. The lowest BCUT2D eigenvalue weighted by atomic mass is 9.82. The van der Waals surface area contributed by atoms with Gasteiger partial charge in [-0.3, -0.25) is 4.98 Å². The van der Waals surface area contributed by atoms with Crippen LogP contribution < -0.4 is 10.9 Å². The molecule has 2 saturated heterocycles. The van der Waals surface area contributed by atoms with Gasteiger partial charge in [0.15, 0.2) is 0 Å². The van der Waals surface area contributed by atoms with Gasteiger partial charge in [0.2, 0.25) is 0 Å². The maximum absolute atomic E-state index is 12.9. The van der Waals surface area contributed by atoms with Crippen LogP contribution in [0.15, 0.2) is 51.9 Å². The number of aromatic nitrogens is 2. The number of nitrogens with one attached hydrogen (secondary N) is 1. The van der Waals surface area contributed by atoms with Crippen molar-refractivity contribution in [3.63, 3.8) is 0 Å². The van der Waals surface area contributed by atoms with E-state index in [-0.39, 0.29) is 5.63 Å². The molecule has 2 atom stereocenters. The van der Waals surface area contributed by atoms with E-state index in [4.69, 9.17) is 4.42 Å². The Morgan fingerprint density at radius 1 is 1.06 bits per heavy atom. The molecular formula is C27H30N4O2. The van der Waals surface area contributed by atoms with E-state index in [9.17, 15) is 4.79 Å². The van der Waals surface area contributed by atoms with Crippen LogP contribution in [-0.4, -0.2) is 39.5 Å². The second-order valence-corrected chi connectivity index (χ2v) is 9.91. The second kappa shape index (κ2) is 7.73. The predicted molar refractivity (Wildman–Crippen MR) is 132 cm³/mol. The fourth-order valence-corrected chi connectivity index (χ4v) is 5.95. The van der Waals surface area contributed by atoms with Crippen molar-refractivity contribution in [2.75, 3.05) is 12.4 Å². The van der Waals surface area contributed by atoms with Crippen molar-refractivity contribution in [2.24, 2.45) is 0 Å². The van der Waals surface area contributed by atoms with Crippen LogP contribution in [0.25, 0.3) is 27.6 Å². The molecule has 4 aromatic rings. The third-order valence-electron chi connectivity index (χ3n) is 7.65. The quantitative estimate of drug-likeness (QED) is 0.445. The van der Waals surface area contributed by atoms with Crippen molar-refractivity contribution in [1.29, 1.82) is 0 Å². The van der Waals surface area contributed by atoms with E-state index >= 15 is 0 Å². The summed E-state index contributed by atoms with van der Waals surface area (Å²) in [4.78, 5) is 20.0. The average molecular weight is 443 g/mol. The molecule has 1 aromatic carbocycles. The van der Waals surface area contributed by atoms with Gasteiger partial charge in [-0.15, -0.1) is 0 Å². The highest BCUT2D eigenvalue weighted by molar-refractivity contribution is 5.85. The van der Waals surface area contributed by atoms with Gasteiger partial charge < -0.3 is 19.0 Å². The summed E-state index contributed by atoms with van der Waals surface area (Å²) in [6, 6.07) is 11.9. The van der Waals surface area contributed by atoms with Gasteiger partial charge in [-0.05, 0) is 70.8 Å². The molecule has 0 radical (unpaired) electrons. The Labute approximate surface area is 193 Å². The first-order chi connectivity index (χ1) is 15.9. The zero-order chi connectivity index (χ0) is 22.7. The number of benzene rings is 1. The highest BCUT2D eigenvalue weighted by Crippen LogP contribution is 2.34. The number of anilines is 1. The van der Waals surface area contributed by atoms with Gasteiger partial charge in [0.1, 0.15) is 5.58 Å². The Kier molecular flexibility index (Phi) is 4.80. The molecule has 2 fully saturated rings. The molecule has 170 valence electrons. The van der Waals surface area contributed by atoms with Crippen LogP contribution in [0.3, 0.4) is 0 Å². The Morgan fingerprint density at radius 2 is 1.85 bits per heavy atom. The first-order valence-electron chi connectivity index (χ1n) is 12.0. The fraction of sp³-hybridized carbons (Fsp3) is 0.407. The largest absolute Gasteiger partial charge is 0.422 e. The van der Waals surface area contributed by atoms with E-state index in [2.05, 4.69) is 28.3 Å². The van der Waals surface area contributed by atoms with Gasteiger partial charge in [0, 0.05) is 53.2 Å². The van der Waals surface area contributed by atoms with Gasteiger partial charge in [-0.1, -0.05) is 6.42 Å². The molecule has 0 aliphatic carbocycles. The molecule has 2 aliphatic rings. The van der Waals surface area contributed by atoms with Crippen molar-refractivity contribution in [3.8, 4) is 11.1 Å². The molecule has 6 heteroatoms. The van der Waals surface area contributed by atoms with E-state index in [1.807, 2.05) is 54.9 Å². The summed E-state index contributed by atoms with van der Waals surface area (Å²) >= 11 is 0. The summed E-state index contributed by atoms with van der Waals surface area (Å²) in [7, 11) is 2.28. The number of aryl methyl sites for hydroxylation is 2. The molecule has 6 nitrogen and oxygen atoms in total.